The quantitative estimate of drug-likeness (QED) is 0.902. The van der Waals surface area contributed by atoms with Crippen LogP contribution in [-0.4, -0.2) is 54.1 Å². The normalized spacial score (nSPS) is 15.1. The second-order valence-corrected chi connectivity index (χ2v) is 5.60. The molecule has 1 aromatic heterocycles. The lowest BCUT2D eigenvalue weighted by atomic mass is 10.2. The molecule has 2 aromatic rings. The summed E-state index contributed by atoms with van der Waals surface area (Å²) < 4.78 is 13.0. The van der Waals surface area contributed by atoms with E-state index in [-0.39, 0.29) is 5.82 Å². The number of aromatic nitrogens is 2. The Hall–Kier alpha value is -2.72. The van der Waals surface area contributed by atoms with E-state index in [9.17, 15) is 4.39 Å². The maximum absolute atomic E-state index is 13.0. The van der Waals surface area contributed by atoms with Crippen LogP contribution in [0.15, 0.2) is 36.7 Å². The molecule has 0 saturated carbocycles. The van der Waals surface area contributed by atoms with E-state index in [2.05, 4.69) is 25.1 Å². The fraction of sp³-hybridized carbons (Fsp3) is 0.353. The van der Waals surface area contributed by atoms with Crippen LogP contribution >= 0.6 is 0 Å². The maximum atomic E-state index is 13.0. The highest BCUT2D eigenvalue weighted by molar-refractivity contribution is 5.47. The fourth-order valence-corrected chi connectivity index (χ4v) is 2.76. The Morgan fingerprint density at radius 1 is 1.08 bits per heavy atom. The molecule has 0 spiro atoms. The van der Waals surface area contributed by atoms with Gasteiger partial charge in [0, 0.05) is 57.3 Å². The van der Waals surface area contributed by atoms with Crippen LogP contribution in [0, 0.1) is 17.1 Å². The molecule has 1 N–H and O–H groups in total. The molecule has 0 amide bonds. The van der Waals surface area contributed by atoms with Gasteiger partial charge in [-0.15, -0.1) is 0 Å². The number of benzene rings is 1. The monoisotopic (exact) mass is 326 g/mol. The number of halogens is 1. The van der Waals surface area contributed by atoms with E-state index in [1.54, 1.807) is 6.20 Å². The largest absolute Gasteiger partial charge is 0.369 e. The fourth-order valence-electron chi connectivity index (χ4n) is 2.76. The Labute approximate surface area is 140 Å². The van der Waals surface area contributed by atoms with Gasteiger partial charge < -0.3 is 10.2 Å². The Kier molecular flexibility index (Phi) is 5.18. The van der Waals surface area contributed by atoms with Crippen molar-refractivity contribution >= 4 is 11.5 Å². The summed E-state index contributed by atoms with van der Waals surface area (Å²) >= 11 is 0. The third kappa shape index (κ3) is 3.97. The lowest BCUT2D eigenvalue weighted by Crippen LogP contribution is -2.47. The van der Waals surface area contributed by atoms with E-state index < -0.39 is 0 Å². The average molecular weight is 326 g/mol. The Morgan fingerprint density at radius 3 is 2.50 bits per heavy atom. The first kappa shape index (κ1) is 16.1. The van der Waals surface area contributed by atoms with Gasteiger partial charge in [0.05, 0.1) is 0 Å². The maximum Gasteiger partial charge on any atom is 0.182 e. The molecular formula is C17H19FN6. The third-order valence-electron chi connectivity index (χ3n) is 4.09. The van der Waals surface area contributed by atoms with Crippen molar-refractivity contribution in [3.05, 3.63) is 48.2 Å². The number of nitriles is 1. The Morgan fingerprint density at radius 2 is 1.79 bits per heavy atom. The minimum atomic E-state index is -0.204. The first-order valence-corrected chi connectivity index (χ1v) is 7.94. The molecule has 0 unspecified atom stereocenters. The first-order chi connectivity index (χ1) is 11.8. The van der Waals surface area contributed by atoms with Gasteiger partial charge in [-0.2, -0.15) is 5.26 Å². The molecule has 0 radical (unpaired) electrons. The minimum absolute atomic E-state index is 0.204. The summed E-state index contributed by atoms with van der Waals surface area (Å²) in [6.07, 6.45) is 3.09. The van der Waals surface area contributed by atoms with Crippen LogP contribution in [0.1, 0.15) is 5.69 Å². The highest BCUT2D eigenvalue weighted by atomic mass is 19.1. The van der Waals surface area contributed by atoms with Gasteiger partial charge in [-0.05, 0) is 24.3 Å². The molecule has 0 bridgehead atoms. The van der Waals surface area contributed by atoms with Crippen LogP contribution in [0.4, 0.5) is 15.9 Å². The molecule has 1 aromatic carbocycles. The van der Waals surface area contributed by atoms with Crippen LogP contribution < -0.4 is 10.2 Å². The molecule has 7 heteroatoms. The van der Waals surface area contributed by atoms with Gasteiger partial charge >= 0.3 is 0 Å². The second-order valence-electron chi connectivity index (χ2n) is 5.60. The molecule has 6 nitrogen and oxygen atoms in total. The topological polar surface area (TPSA) is 68.1 Å². The highest BCUT2D eigenvalue weighted by Crippen LogP contribution is 2.16. The molecule has 3 rings (SSSR count). The summed E-state index contributed by atoms with van der Waals surface area (Å²) in [5.41, 5.74) is 1.38. The minimum Gasteiger partial charge on any atom is -0.369 e. The van der Waals surface area contributed by atoms with Crippen LogP contribution in [-0.2, 0) is 0 Å². The molecule has 0 atom stereocenters. The summed E-state index contributed by atoms with van der Waals surface area (Å²) in [5, 5.41) is 12.2. The number of rotatable bonds is 5. The van der Waals surface area contributed by atoms with E-state index >= 15 is 0 Å². The van der Waals surface area contributed by atoms with Gasteiger partial charge in [-0.25, -0.2) is 14.4 Å². The van der Waals surface area contributed by atoms with Gasteiger partial charge in [0.15, 0.2) is 11.5 Å². The number of hydrogen-bond acceptors (Lipinski definition) is 6. The molecule has 2 heterocycles. The zero-order valence-electron chi connectivity index (χ0n) is 13.3. The van der Waals surface area contributed by atoms with Crippen LogP contribution in [0.2, 0.25) is 0 Å². The number of piperazine rings is 1. The van der Waals surface area contributed by atoms with Crippen molar-refractivity contribution in [2.75, 3.05) is 49.5 Å². The van der Waals surface area contributed by atoms with Crippen molar-refractivity contribution < 1.29 is 4.39 Å². The van der Waals surface area contributed by atoms with Crippen molar-refractivity contribution in [2.24, 2.45) is 0 Å². The van der Waals surface area contributed by atoms with E-state index in [1.165, 1.54) is 18.3 Å². The van der Waals surface area contributed by atoms with Crippen molar-refractivity contribution in [1.29, 1.82) is 5.26 Å². The summed E-state index contributed by atoms with van der Waals surface area (Å²) in [7, 11) is 0. The lowest BCUT2D eigenvalue weighted by molar-refractivity contribution is 0.267. The Bertz CT molecular complexity index is 704. The van der Waals surface area contributed by atoms with Crippen LogP contribution in [0.5, 0.6) is 0 Å². The molecule has 0 aliphatic carbocycles. The number of hydrogen-bond donors (Lipinski definition) is 1. The van der Waals surface area contributed by atoms with Crippen molar-refractivity contribution in [2.45, 2.75) is 0 Å². The molecular weight excluding hydrogens is 307 g/mol. The van der Waals surface area contributed by atoms with E-state index in [4.69, 9.17) is 5.26 Å². The van der Waals surface area contributed by atoms with Gasteiger partial charge in [-0.1, -0.05) is 0 Å². The highest BCUT2D eigenvalue weighted by Gasteiger charge is 2.17. The number of anilines is 2. The number of nitrogens with zero attached hydrogens (tertiary/aromatic N) is 5. The van der Waals surface area contributed by atoms with Crippen LogP contribution in [0.3, 0.4) is 0 Å². The molecule has 1 aliphatic rings. The Balaban J connectivity index is 1.44. The van der Waals surface area contributed by atoms with Gasteiger partial charge in [0.25, 0.3) is 0 Å². The van der Waals surface area contributed by atoms with Gasteiger partial charge in [0.2, 0.25) is 0 Å². The van der Waals surface area contributed by atoms with Crippen LogP contribution in [0.25, 0.3) is 0 Å². The summed E-state index contributed by atoms with van der Waals surface area (Å²) in [6, 6.07) is 8.67. The van der Waals surface area contributed by atoms with Crippen molar-refractivity contribution in [3.8, 4) is 6.07 Å². The molecule has 1 aliphatic heterocycles. The number of nitrogens with one attached hydrogen (secondary N) is 1. The zero-order chi connectivity index (χ0) is 16.8. The van der Waals surface area contributed by atoms with Crippen molar-refractivity contribution in [3.63, 3.8) is 0 Å². The predicted molar refractivity (Wildman–Crippen MR) is 90.3 cm³/mol. The standard InChI is InChI=1S/C17H19FN6/c18-14-1-3-15(4-2-14)24-11-9-23(10-12-24)8-7-22-17-16(13-19)20-5-6-21-17/h1-6H,7-12H2,(H,21,22). The smallest absolute Gasteiger partial charge is 0.182 e. The van der Waals surface area contributed by atoms with E-state index in [0.717, 1.165) is 38.4 Å². The SMILES string of the molecule is N#Cc1nccnc1NCCN1CCN(c2ccc(F)cc2)CC1. The lowest BCUT2D eigenvalue weighted by Gasteiger charge is -2.36. The molecule has 124 valence electrons. The second kappa shape index (κ2) is 7.70. The van der Waals surface area contributed by atoms with Gasteiger partial charge in [0.1, 0.15) is 11.9 Å². The molecule has 24 heavy (non-hydrogen) atoms. The zero-order valence-corrected chi connectivity index (χ0v) is 13.3. The predicted octanol–water partition coefficient (Wildman–Crippen LogP) is 1.72. The molecule has 1 fully saturated rings. The summed E-state index contributed by atoms with van der Waals surface area (Å²) in [5.74, 6) is 0.328. The van der Waals surface area contributed by atoms with E-state index in [0.29, 0.717) is 18.1 Å². The first-order valence-electron chi connectivity index (χ1n) is 7.94. The summed E-state index contributed by atoms with van der Waals surface area (Å²) in [4.78, 5) is 12.7. The van der Waals surface area contributed by atoms with Crippen molar-refractivity contribution in [1.82, 2.24) is 14.9 Å². The average Bonchev–Trinajstić information content (AvgIpc) is 2.63. The van der Waals surface area contributed by atoms with Gasteiger partial charge in [-0.3, -0.25) is 4.90 Å². The van der Waals surface area contributed by atoms with E-state index in [1.807, 2.05) is 18.2 Å². The summed E-state index contributed by atoms with van der Waals surface area (Å²) in [6.45, 7) is 5.32. The third-order valence-corrected chi connectivity index (χ3v) is 4.09. The molecule has 1 saturated heterocycles.